The van der Waals surface area contributed by atoms with Crippen LogP contribution in [0.25, 0.3) is 0 Å². The van der Waals surface area contributed by atoms with Gasteiger partial charge in [-0.1, -0.05) is 35.3 Å². The molecule has 0 heterocycles. The first kappa shape index (κ1) is 14.8. The van der Waals surface area contributed by atoms with Gasteiger partial charge < -0.3 is 5.32 Å². The minimum Gasteiger partial charge on any atom is -0.326 e. The van der Waals surface area contributed by atoms with E-state index in [-0.39, 0.29) is 49.7 Å². The Kier molecular flexibility index (Phi) is 3.51. The largest absolute Gasteiger partial charge is 0.326 e. The number of nitrogens with one attached hydrogen (secondary N) is 1. The van der Waals surface area contributed by atoms with Crippen molar-refractivity contribution in [3.63, 3.8) is 0 Å². The summed E-state index contributed by atoms with van der Waals surface area (Å²) in [7, 11) is 0. The standard InChI is InChI=1S/C16H9Cl2NO3/c1-7(20)19-11-4-2-3-8-12(11)16(22)14-10(18)6-5-9(17)13(14)15(8)21/h2-6H,1H3,(H,19,20). The van der Waals surface area contributed by atoms with E-state index < -0.39 is 5.78 Å². The lowest BCUT2D eigenvalue weighted by Gasteiger charge is -2.21. The molecule has 0 fully saturated rings. The highest BCUT2D eigenvalue weighted by Crippen LogP contribution is 2.38. The molecule has 2 aromatic rings. The zero-order chi connectivity index (χ0) is 16.0. The lowest BCUT2D eigenvalue weighted by atomic mass is 9.83. The third-order valence-corrected chi connectivity index (χ3v) is 4.03. The Morgan fingerprint density at radius 1 is 0.909 bits per heavy atom. The molecule has 0 atom stereocenters. The van der Waals surface area contributed by atoms with Crippen molar-refractivity contribution in [3.05, 3.63) is 62.6 Å². The minimum absolute atomic E-state index is 0.0736. The van der Waals surface area contributed by atoms with Gasteiger partial charge in [0.15, 0.2) is 11.6 Å². The van der Waals surface area contributed by atoms with Gasteiger partial charge in [-0.05, 0) is 18.2 Å². The van der Waals surface area contributed by atoms with Crippen molar-refractivity contribution in [1.82, 2.24) is 0 Å². The number of ketones is 2. The maximum absolute atomic E-state index is 12.8. The van der Waals surface area contributed by atoms with Gasteiger partial charge in [0.25, 0.3) is 0 Å². The molecule has 0 saturated heterocycles. The normalized spacial score (nSPS) is 12.7. The highest BCUT2D eigenvalue weighted by Gasteiger charge is 2.35. The van der Waals surface area contributed by atoms with Crippen molar-refractivity contribution in [1.29, 1.82) is 0 Å². The monoisotopic (exact) mass is 333 g/mol. The molecule has 4 nitrogen and oxygen atoms in total. The highest BCUT2D eigenvalue weighted by molar-refractivity contribution is 6.44. The SMILES string of the molecule is CC(=O)Nc1cccc2c1C(=O)c1c(Cl)ccc(Cl)c1C2=O. The molecular formula is C16H9Cl2NO3. The lowest BCUT2D eigenvalue weighted by Crippen LogP contribution is -2.24. The number of carbonyl (C=O) groups is 3. The van der Waals surface area contributed by atoms with Crippen molar-refractivity contribution in [2.24, 2.45) is 0 Å². The van der Waals surface area contributed by atoms with Crippen LogP contribution in [-0.2, 0) is 4.79 Å². The van der Waals surface area contributed by atoms with Crippen molar-refractivity contribution in [2.45, 2.75) is 6.92 Å². The van der Waals surface area contributed by atoms with Crippen LogP contribution >= 0.6 is 23.2 Å². The Bertz CT molecular complexity index is 859. The summed E-state index contributed by atoms with van der Waals surface area (Å²) in [6.07, 6.45) is 0. The molecule has 0 saturated carbocycles. The maximum Gasteiger partial charge on any atom is 0.221 e. The molecule has 0 bridgehead atoms. The van der Waals surface area contributed by atoms with Crippen LogP contribution in [0.2, 0.25) is 10.0 Å². The number of rotatable bonds is 1. The third kappa shape index (κ3) is 2.12. The van der Waals surface area contributed by atoms with E-state index in [0.29, 0.717) is 0 Å². The summed E-state index contributed by atoms with van der Waals surface area (Å²) in [5, 5.41) is 2.89. The fourth-order valence-corrected chi connectivity index (χ4v) is 3.02. The van der Waals surface area contributed by atoms with Gasteiger partial charge in [0.1, 0.15) is 0 Å². The molecule has 2 aromatic carbocycles. The topological polar surface area (TPSA) is 63.2 Å². The van der Waals surface area contributed by atoms with E-state index >= 15 is 0 Å². The summed E-state index contributed by atoms with van der Waals surface area (Å²) in [5.74, 6) is -1.15. The molecule has 0 aliphatic heterocycles. The van der Waals surface area contributed by atoms with Crippen LogP contribution in [0.1, 0.15) is 38.8 Å². The van der Waals surface area contributed by atoms with Gasteiger partial charge in [-0.3, -0.25) is 14.4 Å². The molecule has 1 aliphatic carbocycles. The van der Waals surface area contributed by atoms with Crippen LogP contribution < -0.4 is 5.32 Å². The number of fused-ring (bicyclic) bond motifs is 2. The predicted molar refractivity (Wildman–Crippen MR) is 84.1 cm³/mol. The Labute approximate surface area is 136 Å². The Morgan fingerprint density at radius 3 is 2.09 bits per heavy atom. The summed E-state index contributed by atoms with van der Waals surface area (Å²) in [6, 6.07) is 7.64. The van der Waals surface area contributed by atoms with Crippen LogP contribution in [0.15, 0.2) is 30.3 Å². The smallest absolute Gasteiger partial charge is 0.221 e. The Hall–Kier alpha value is -2.17. The summed E-state index contributed by atoms with van der Waals surface area (Å²) in [5.41, 5.74) is 0.799. The first-order chi connectivity index (χ1) is 10.4. The van der Waals surface area contributed by atoms with Gasteiger partial charge in [-0.2, -0.15) is 0 Å². The summed E-state index contributed by atoms with van der Waals surface area (Å²) >= 11 is 12.1. The van der Waals surface area contributed by atoms with E-state index in [2.05, 4.69) is 5.32 Å². The van der Waals surface area contributed by atoms with Crippen LogP contribution in [0.3, 0.4) is 0 Å². The van der Waals surface area contributed by atoms with E-state index in [1.165, 1.54) is 25.1 Å². The number of halogens is 2. The summed E-state index contributed by atoms with van der Waals surface area (Å²) in [6.45, 7) is 1.33. The molecule has 0 spiro atoms. The predicted octanol–water partition coefficient (Wildman–Crippen LogP) is 3.73. The second kappa shape index (κ2) is 5.23. The molecule has 0 aromatic heterocycles. The molecule has 1 aliphatic rings. The molecule has 0 unspecified atom stereocenters. The number of anilines is 1. The Balaban J connectivity index is 2.32. The lowest BCUT2D eigenvalue weighted by molar-refractivity contribution is -0.114. The van der Waals surface area contributed by atoms with Crippen LogP contribution in [-0.4, -0.2) is 17.5 Å². The van der Waals surface area contributed by atoms with E-state index in [4.69, 9.17) is 23.2 Å². The number of hydrogen-bond acceptors (Lipinski definition) is 3. The average Bonchev–Trinajstić information content (AvgIpc) is 2.46. The quantitative estimate of drug-likeness (QED) is 0.738. The van der Waals surface area contributed by atoms with Gasteiger partial charge in [0.2, 0.25) is 5.91 Å². The van der Waals surface area contributed by atoms with Crippen LogP contribution in [0.4, 0.5) is 5.69 Å². The van der Waals surface area contributed by atoms with E-state index in [1.807, 2.05) is 0 Å². The number of benzene rings is 2. The molecular weight excluding hydrogens is 325 g/mol. The van der Waals surface area contributed by atoms with Gasteiger partial charge in [-0.25, -0.2) is 0 Å². The fraction of sp³-hybridized carbons (Fsp3) is 0.0625. The molecule has 3 rings (SSSR count). The second-order valence-corrected chi connectivity index (χ2v) is 5.66. The summed E-state index contributed by atoms with van der Waals surface area (Å²) in [4.78, 5) is 36.7. The molecule has 0 radical (unpaired) electrons. The fourth-order valence-electron chi connectivity index (χ4n) is 2.54. The van der Waals surface area contributed by atoms with Crippen LogP contribution in [0, 0.1) is 0 Å². The number of hydrogen-bond donors (Lipinski definition) is 1. The zero-order valence-corrected chi connectivity index (χ0v) is 12.9. The van der Waals surface area contributed by atoms with Gasteiger partial charge in [-0.15, -0.1) is 0 Å². The third-order valence-electron chi connectivity index (χ3n) is 3.40. The minimum atomic E-state index is -0.429. The summed E-state index contributed by atoms with van der Waals surface area (Å²) < 4.78 is 0. The number of carbonyl (C=O) groups excluding carboxylic acids is 3. The molecule has 110 valence electrons. The van der Waals surface area contributed by atoms with Gasteiger partial charge in [0, 0.05) is 12.5 Å². The van der Waals surface area contributed by atoms with Crippen molar-refractivity contribution in [2.75, 3.05) is 5.32 Å². The Morgan fingerprint density at radius 2 is 1.50 bits per heavy atom. The molecule has 1 N–H and O–H groups in total. The zero-order valence-electron chi connectivity index (χ0n) is 11.4. The van der Waals surface area contributed by atoms with Crippen molar-refractivity contribution in [3.8, 4) is 0 Å². The van der Waals surface area contributed by atoms with Crippen molar-refractivity contribution < 1.29 is 14.4 Å². The molecule has 22 heavy (non-hydrogen) atoms. The van der Waals surface area contributed by atoms with Crippen LogP contribution in [0.5, 0.6) is 0 Å². The highest BCUT2D eigenvalue weighted by atomic mass is 35.5. The van der Waals surface area contributed by atoms with E-state index in [9.17, 15) is 14.4 Å². The second-order valence-electron chi connectivity index (χ2n) is 4.85. The van der Waals surface area contributed by atoms with Crippen molar-refractivity contribution >= 4 is 46.4 Å². The first-order valence-corrected chi connectivity index (χ1v) is 7.15. The molecule has 1 amide bonds. The van der Waals surface area contributed by atoms with E-state index in [0.717, 1.165) is 0 Å². The molecule has 6 heteroatoms. The maximum atomic E-state index is 12.8. The van der Waals surface area contributed by atoms with E-state index in [1.54, 1.807) is 12.1 Å². The van der Waals surface area contributed by atoms with Gasteiger partial charge >= 0.3 is 0 Å². The van der Waals surface area contributed by atoms with Gasteiger partial charge in [0.05, 0.1) is 32.4 Å². The first-order valence-electron chi connectivity index (χ1n) is 6.40. The number of amides is 1. The average molecular weight is 334 g/mol.